The van der Waals surface area contributed by atoms with E-state index in [0.717, 1.165) is 61.0 Å². The van der Waals surface area contributed by atoms with Gasteiger partial charge in [0.05, 0.1) is 20.3 Å². The molecule has 2 aromatic rings. The molecule has 0 atom stereocenters. The number of nitrogens with zero attached hydrogens (tertiary/aromatic N) is 4. The summed E-state index contributed by atoms with van der Waals surface area (Å²) in [6, 6.07) is 7.97. The van der Waals surface area contributed by atoms with Gasteiger partial charge in [-0.15, -0.1) is 10.2 Å². The molecule has 2 heterocycles. The predicted octanol–water partition coefficient (Wildman–Crippen LogP) is 2.01. The van der Waals surface area contributed by atoms with Crippen molar-refractivity contribution in [2.45, 2.75) is 12.1 Å². The zero-order valence-electron chi connectivity index (χ0n) is 13.6. The van der Waals surface area contributed by atoms with Crippen molar-refractivity contribution >= 4 is 11.8 Å². The minimum Gasteiger partial charge on any atom is -0.497 e. The zero-order chi connectivity index (χ0) is 16.1. The Hall–Kier alpha value is -1.57. The third-order valence-corrected chi connectivity index (χ3v) is 4.78. The molecule has 1 aromatic heterocycles. The van der Waals surface area contributed by atoms with E-state index in [4.69, 9.17) is 9.47 Å². The topological polar surface area (TPSA) is 52.4 Å². The van der Waals surface area contributed by atoms with E-state index in [1.807, 2.05) is 31.2 Å². The lowest BCUT2D eigenvalue weighted by molar-refractivity contribution is 0.0410. The van der Waals surface area contributed by atoms with Gasteiger partial charge in [-0.25, -0.2) is 0 Å². The third-order valence-electron chi connectivity index (χ3n) is 3.87. The second-order valence-electron chi connectivity index (χ2n) is 5.37. The molecule has 0 unspecified atom stereocenters. The number of ether oxygens (including phenoxy) is 2. The first-order valence-electron chi connectivity index (χ1n) is 7.77. The van der Waals surface area contributed by atoms with Gasteiger partial charge < -0.3 is 9.47 Å². The number of aromatic nitrogens is 3. The van der Waals surface area contributed by atoms with E-state index >= 15 is 0 Å². The van der Waals surface area contributed by atoms with Crippen molar-refractivity contribution in [3.05, 3.63) is 30.1 Å². The molecule has 0 bridgehead atoms. The third kappa shape index (κ3) is 4.04. The van der Waals surface area contributed by atoms with E-state index < -0.39 is 0 Å². The fourth-order valence-corrected chi connectivity index (χ4v) is 3.55. The van der Waals surface area contributed by atoms with Gasteiger partial charge in [0, 0.05) is 31.1 Å². The Morgan fingerprint density at radius 2 is 1.91 bits per heavy atom. The summed E-state index contributed by atoms with van der Waals surface area (Å²) in [6.45, 7) is 6.74. The highest BCUT2D eigenvalue weighted by molar-refractivity contribution is 7.99. The van der Waals surface area contributed by atoms with E-state index in [1.54, 1.807) is 18.9 Å². The summed E-state index contributed by atoms with van der Waals surface area (Å²) < 4.78 is 12.7. The number of methoxy groups -OCH3 is 1. The molecule has 1 aliphatic heterocycles. The van der Waals surface area contributed by atoms with Crippen LogP contribution in [0.5, 0.6) is 5.75 Å². The van der Waals surface area contributed by atoms with Crippen LogP contribution in [0.3, 0.4) is 0 Å². The average molecular weight is 334 g/mol. The number of benzene rings is 1. The summed E-state index contributed by atoms with van der Waals surface area (Å²) >= 11 is 1.74. The van der Waals surface area contributed by atoms with Gasteiger partial charge in [0.1, 0.15) is 11.6 Å². The molecule has 1 fully saturated rings. The maximum absolute atomic E-state index is 5.38. The monoisotopic (exact) mass is 334 g/mol. The molecule has 0 saturated carbocycles. The minimum absolute atomic E-state index is 0.839. The Morgan fingerprint density at radius 1 is 1.17 bits per heavy atom. The molecule has 0 amide bonds. The predicted molar refractivity (Wildman–Crippen MR) is 90.6 cm³/mol. The first kappa shape index (κ1) is 16.3. The lowest BCUT2D eigenvalue weighted by Gasteiger charge is -2.26. The summed E-state index contributed by atoms with van der Waals surface area (Å²) in [6.07, 6.45) is 0. The first-order chi connectivity index (χ1) is 11.3. The standard InChI is InChI=1S/C16H22N4O2S/c1-13-17-18-16(23-12-9-19-7-10-22-11-8-19)20(13)14-3-5-15(21-2)6-4-14/h3-6H,7-12H2,1-2H3. The summed E-state index contributed by atoms with van der Waals surface area (Å²) in [5.74, 6) is 2.74. The molecular formula is C16H22N4O2S. The lowest BCUT2D eigenvalue weighted by atomic mass is 10.3. The molecule has 23 heavy (non-hydrogen) atoms. The van der Waals surface area contributed by atoms with Gasteiger partial charge in [0.2, 0.25) is 0 Å². The second kappa shape index (κ2) is 7.81. The van der Waals surface area contributed by atoms with Gasteiger partial charge in [-0.05, 0) is 31.2 Å². The van der Waals surface area contributed by atoms with Crippen LogP contribution in [-0.4, -0.2) is 65.4 Å². The maximum Gasteiger partial charge on any atom is 0.195 e. The highest BCUT2D eigenvalue weighted by Crippen LogP contribution is 2.23. The van der Waals surface area contributed by atoms with Crippen molar-refractivity contribution in [2.24, 2.45) is 0 Å². The van der Waals surface area contributed by atoms with Crippen molar-refractivity contribution in [1.29, 1.82) is 0 Å². The van der Waals surface area contributed by atoms with E-state index in [9.17, 15) is 0 Å². The highest BCUT2D eigenvalue weighted by atomic mass is 32.2. The van der Waals surface area contributed by atoms with Gasteiger partial charge in [-0.3, -0.25) is 9.47 Å². The van der Waals surface area contributed by atoms with Crippen LogP contribution < -0.4 is 4.74 Å². The minimum atomic E-state index is 0.839. The Bertz CT molecular complexity index is 624. The molecule has 0 aliphatic carbocycles. The van der Waals surface area contributed by atoms with Gasteiger partial charge in [0.15, 0.2) is 5.16 Å². The second-order valence-corrected chi connectivity index (χ2v) is 6.43. The van der Waals surface area contributed by atoms with Gasteiger partial charge in [0.25, 0.3) is 0 Å². The van der Waals surface area contributed by atoms with E-state index in [-0.39, 0.29) is 0 Å². The van der Waals surface area contributed by atoms with Crippen molar-refractivity contribution in [3.8, 4) is 11.4 Å². The molecule has 1 aliphatic rings. The fourth-order valence-electron chi connectivity index (χ4n) is 2.56. The number of rotatable bonds is 6. The van der Waals surface area contributed by atoms with E-state index in [0.29, 0.717) is 0 Å². The van der Waals surface area contributed by atoms with Crippen LogP contribution in [0.15, 0.2) is 29.4 Å². The van der Waals surface area contributed by atoms with Crippen LogP contribution in [0.2, 0.25) is 0 Å². The molecule has 124 valence electrons. The number of aryl methyl sites for hydroxylation is 1. The van der Waals surface area contributed by atoms with Crippen LogP contribution in [-0.2, 0) is 4.74 Å². The van der Waals surface area contributed by atoms with E-state index in [1.165, 1.54) is 0 Å². The highest BCUT2D eigenvalue weighted by Gasteiger charge is 2.14. The molecule has 0 spiro atoms. The Morgan fingerprint density at radius 3 is 2.61 bits per heavy atom. The number of hydrogen-bond acceptors (Lipinski definition) is 6. The van der Waals surface area contributed by atoms with Crippen molar-refractivity contribution in [1.82, 2.24) is 19.7 Å². The van der Waals surface area contributed by atoms with Crippen molar-refractivity contribution < 1.29 is 9.47 Å². The first-order valence-corrected chi connectivity index (χ1v) is 8.76. The molecule has 7 heteroatoms. The van der Waals surface area contributed by atoms with Crippen molar-refractivity contribution in [2.75, 3.05) is 45.7 Å². The van der Waals surface area contributed by atoms with Crippen LogP contribution in [0.1, 0.15) is 5.82 Å². The van der Waals surface area contributed by atoms with Crippen molar-refractivity contribution in [3.63, 3.8) is 0 Å². The molecule has 0 N–H and O–H groups in total. The SMILES string of the molecule is COc1ccc(-n2c(C)nnc2SCCN2CCOCC2)cc1. The summed E-state index contributed by atoms with van der Waals surface area (Å²) in [7, 11) is 1.67. The number of hydrogen-bond donors (Lipinski definition) is 0. The largest absolute Gasteiger partial charge is 0.497 e. The fraction of sp³-hybridized carbons (Fsp3) is 0.500. The molecule has 0 radical (unpaired) electrons. The van der Waals surface area contributed by atoms with Gasteiger partial charge in [-0.1, -0.05) is 11.8 Å². The van der Waals surface area contributed by atoms with E-state index in [2.05, 4.69) is 19.7 Å². The Labute approximate surface area is 140 Å². The van der Waals surface area contributed by atoms with Crippen LogP contribution in [0.25, 0.3) is 5.69 Å². The van der Waals surface area contributed by atoms with Gasteiger partial charge >= 0.3 is 0 Å². The summed E-state index contributed by atoms with van der Waals surface area (Å²) in [5.41, 5.74) is 1.06. The Kier molecular flexibility index (Phi) is 5.53. The average Bonchev–Trinajstić information content (AvgIpc) is 2.97. The van der Waals surface area contributed by atoms with Gasteiger partial charge in [-0.2, -0.15) is 0 Å². The molecule has 1 saturated heterocycles. The lowest BCUT2D eigenvalue weighted by Crippen LogP contribution is -2.37. The normalized spacial score (nSPS) is 15.7. The number of morpholine rings is 1. The number of thioether (sulfide) groups is 1. The van der Waals surface area contributed by atoms with Crippen LogP contribution >= 0.6 is 11.8 Å². The quantitative estimate of drug-likeness (QED) is 0.753. The summed E-state index contributed by atoms with van der Waals surface area (Å²) in [5, 5.41) is 9.48. The molecular weight excluding hydrogens is 312 g/mol. The van der Waals surface area contributed by atoms with Crippen LogP contribution in [0.4, 0.5) is 0 Å². The molecule has 6 nitrogen and oxygen atoms in total. The smallest absolute Gasteiger partial charge is 0.195 e. The Balaban J connectivity index is 1.65. The molecule has 1 aromatic carbocycles. The maximum atomic E-state index is 5.38. The zero-order valence-corrected chi connectivity index (χ0v) is 14.4. The molecule has 3 rings (SSSR count). The van der Waals surface area contributed by atoms with Crippen LogP contribution in [0, 0.1) is 6.92 Å². The summed E-state index contributed by atoms with van der Waals surface area (Å²) in [4.78, 5) is 2.43.